The molecule has 1 amide bonds. The fourth-order valence-corrected chi connectivity index (χ4v) is 4.73. The Hall–Kier alpha value is -2.79. The Morgan fingerprint density at radius 3 is 2.73 bits per heavy atom. The molecule has 2 aromatic carbocycles. The number of ether oxygens (including phenoxy) is 2. The number of aryl methyl sites for hydroxylation is 1. The van der Waals surface area contributed by atoms with Gasteiger partial charge in [-0.3, -0.25) is 4.79 Å². The van der Waals surface area contributed by atoms with Crippen molar-refractivity contribution >= 4 is 22.9 Å². The summed E-state index contributed by atoms with van der Waals surface area (Å²) in [6, 6.07) is 14.4. The third-order valence-electron chi connectivity index (χ3n) is 4.95. The SMILES string of the molecule is Cc1ccc(-c2csc3c2NC(=O)C[C@H]3c2ccc3c(c2)OCO3)cc1. The summed E-state index contributed by atoms with van der Waals surface area (Å²) in [6.45, 7) is 2.33. The monoisotopic (exact) mass is 363 g/mol. The topological polar surface area (TPSA) is 47.6 Å². The molecule has 26 heavy (non-hydrogen) atoms. The van der Waals surface area contributed by atoms with Crippen LogP contribution in [0.3, 0.4) is 0 Å². The maximum atomic E-state index is 12.4. The van der Waals surface area contributed by atoms with E-state index in [1.807, 2.05) is 18.2 Å². The van der Waals surface area contributed by atoms with Gasteiger partial charge in [0.15, 0.2) is 11.5 Å². The van der Waals surface area contributed by atoms with Crippen LogP contribution in [0.15, 0.2) is 47.8 Å². The van der Waals surface area contributed by atoms with E-state index in [0.717, 1.165) is 33.9 Å². The van der Waals surface area contributed by atoms with Crippen LogP contribution in [0.25, 0.3) is 11.1 Å². The van der Waals surface area contributed by atoms with Gasteiger partial charge in [0.1, 0.15) is 0 Å². The molecule has 5 rings (SSSR count). The zero-order valence-electron chi connectivity index (χ0n) is 14.2. The lowest BCUT2D eigenvalue weighted by atomic mass is 9.89. The normalized spacial score (nSPS) is 17.7. The minimum Gasteiger partial charge on any atom is -0.454 e. The third kappa shape index (κ3) is 2.47. The van der Waals surface area contributed by atoms with Crippen LogP contribution in [-0.4, -0.2) is 12.7 Å². The van der Waals surface area contributed by atoms with Crippen LogP contribution in [0.2, 0.25) is 0 Å². The molecule has 0 aliphatic carbocycles. The number of thiophene rings is 1. The molecular weight excluding hydrogens is 346 g/mol. The quantitative estimate of drug-likeness (QED) is 0.702. The molecule has 0 spiro atoms. The molecular formula is C21H17NO3S. The van der Waals surface area contributed by atoms with Gasteiger partial charge in [-0.25, -0.2) is 0 Å². The minimum atomic E-state index is 0.0393. The van der Waals surface area contributed by atoms with Crippen molar-refractivity contribution in [3.8, 4) is 22.6 Å². The minimum absolute atomic E-state index is 0.0393. The maximum absolute atomic E-state index is 12.4. The van der Waals surface area contributed by atoms with Crippen LogP contribution in [-0.2, 0) is 4.79 Å². The maximum Gasteiger partial charge on any atom is 0.231 e. The highest BCUT2D eigenvalue weighted by atomic mass is 32.1. The standard InChI is InChI=1S/C21H17NO3S/c1-12-2-4-13(5-3-12)16-10-26-21-15(9-19(23)22-20(16)21)14-6-7-17-18(8-14)25-11-24-17/h2-8,10,15H,9,11H2,1H3,(H,22,23)/t15-/m0/s1. The van der Waals surface area contributed by atoms with Crippen molar-refractivity contribution in [2.24, 2.45) is 0 Å². The average molecular weight is 363 g/mol. The Bertz CT molecular complexity index is 1010. The van der Waals surface area contributed by atoms with Crippen molar-refractivity contribution in [2.45, 2.75) is 19.3 Å². The molecule has 5 heteroatoms. The first-order chi connectivity index (χ1) is 12.7. The number of anilines is 1. The number of hydrogen-bond acceptors (Lipinski definition) is 4. The van der Waals surface area contributed by atoms with Gasteiger partial charge >= 0.3 is 0 Å². The van der Waals surface area contributed by atoms with Gasteiger partial charge in [-0.05, 0) is 30.2 Å². The summed E-state index contributed by atoms with van der Waals surface area (Å²) in [4.78, 5) is 13.6. The highest BCUT2D eigenvalue weighted by Crippen LogP contribution is 2.47. The van der Waals surface area contributed by atoms with Gasteiger partial charge in [-0.1, -0.05) is 35.9 Å². The second kappa shape index (κ2) is 5.88. The molecule has 2 aliphatic rings. The molecule has 0 saturated heterocycles. The first kappa shape index (κ1) is 15.5. The first-order valence-electron chi connectivity index (χ1n) is 8.57. The fraction of sp³-hybridized carbons (Fsp3) is 0.190. The van der Waals surface area contributed by atoms with E-state index >= 15 is 0 Å². The molecule has 1 atom stereocenters. The number of rotatable bonds is 2. The number of fused-ring (bicyclic) bond motifs is 2. The van der Waals surface area contributed by atoms with E-state index in [9.17, 15) is 4.79 Å². The second-order valence-electron chi connectivity index (χ2n) is 6.67. The summed E-state index contributed by atoms with van der Waals surface area (Å²) >= 11 is 1.70. The lowest BCUT2D eigenvalue weighted by Gasteiger charge is -2.24. The Morgan fingerprint density at radius 2 is 1.88 bits per heavy atom. The smallest absolute Gasteiger partial charge is 0.231 e. The molecule has 0 unspecified atom stereocenters. The van der Waals surface area contributed by atoms with Crippen molar-refractivity contribution in [3.05, 3.63) is 63.8 Å². The van der Waals surface area contributed by atoms with Gasteiger partial charge in [0, 0.05) is 28.2 Å². The zero-order chi connectivity index (χ0) is 17.7. The van der Waals surface area contributed by atoms with Crippen LogP contribution in [0.4, 0.5) is 5.69 Å². The Labute approximate surface area is 155 Å². The number of hydrogen-bond donors (Lipinski definition) is 1. The fourth-order valence-electron chi connectivity index (χ4n) is 3.57. The molecule has 1 N–H and O–H groups in total. The molecule has 0 radical (unpaired) electrons. The Morgan fingerprint density at radius 1 is 1.08 bits per heavy atom. The molecule has 1 aromatic heterocycles. The van der Waals surface area contributed by atoms with E-state index in [0.29, 0.717) is 6.42 Å². The van der Waals surface area contributed by atoms with Crippen molar-refractivity contribution < 1.29 is 14.3 Å². The lowest BCUT2D eigenvalue weighted by Crippen LogP contribution is -2.22. The molecule has 3 heterocycles. The van der Waals surface area contributed by atoms with Gasteiger partial charge in [0.05, 0.1) is 5.69 Å². The Kier molecular flexibility index (Phi) is 3.50. The van der Waals surface area contributed by atoms with Crippen molar-refractivity contribution in [1.29, 1.82) is 0 Å². The van der Waals surface area contributed by atoms with Crippen LogP contribution in [0.1, 0.15) is 28.3 Å². The number of nitrogens with one attached hydrogen (secondary N) is 1. The molecule has 4 nitrogen and oxygen atoms in total. The first-order valence-corrected chi connectivity index (χ1v) is 9.45. The van der Waals surface area contributed by atoms with E-state index in [-0.39, 0.29) is 18.6 Å². The summed E-state index contributed by atoms with van der Waals surface area (Å²) in [5, 5.41) is 5.23. The number of benzene rings is 2. The molecule has 0 bridgehead atoms. The number of carbonyl (C=O) groups is 1. The van der Waals surface area contributed by atoms with Gasteiger partial charge in [-0.15, -0.1) is 11.3 Å². The predicted octanol–water partition coefficient (Wildman–Crippen LogP) is 4.93. The molecule has 0 saturated carbocycles. The highest BCUT2D eigenvalue weighted by molar-refractivity contribution is 7.11. The molecule has 2 aliphatic heterocycles. The third-order valence-corrected chi connectivity index (χ3v) is 6.05. The van der Waals surface area contributed by atoms with Crippen LogP contribution in [0.5, 0.6) is 11.5 Å². The van der Waals surface area contributed by atoms with Gasteiger partial charge in [0.25, 0.3) is 0 Å². The van der Waals surface area contributed by atoms with E-state index in [4.69, 9.17) is 9.47 Å². The van der Waals surface area contributed by atoms with Gasteiger partial charge in [-0.2, -0.15) is 0 Å². The van der Waals surface area contributed by atoms with E-state index in [2.05, 4.69) is 41.9 Å². The molecule has 0 fully saturated rings. The molecule has 3 aromatic rings. The average Bonchev–Trinajstić information content (AvgIpc) is 3.27. The second-order valence-corrected chi connectivity index (χ2v) is 7.58. The summed E-state index contributed by atoms with van der Waals surface area (Å²) in [5.74, 6) is 1.61. The van der Waals surface area contributed by atoms with Gasteiger partial charge < -0.3 is 14.8 Å². The van der Waals surface area contributed by atoms with E-state index in [1.54, 1.807) is 11.3 Å². The summed E-state index contributed by atoms with van der Waals surface area (Å²) in [6.07, 6.45) is 0.445. The zero-order valence-corrected chi connectivity index (χ0v) is 15.1. The molecule has 130 valence electrons. The van der Waals surface area contributed by atoms with Crippen LogP contribution >= 0.6 is 11.3 Å². The van der Waals surface area contributed by atoms with Crippen molar-refractivity contribution in [2.75, 3.05) is 12.1 Å². The van der Waals surface area contributed by atoms with Crippen LogP contribution < -0.4 is 14.8 Å². The predicted molar refractivity (Wildman–Crippen MR) is 102 cm³/mol. The summed E-state index contributed by atoms with van der Waals surface area (Å²) in [5.41, 5.74) is 5.46. The van der Waals surface area contributed by atoms with E-state index < -0.39 is 0 Å². The largest absolute Gasteiger partial charge is 0.454 e. The number of carbonyl (C=O) groups excluding carboxylic acids is 1. The van der Waals surface area contributed by atoms with Gasteiger partial charge in [0.2, 0.25) is 12.7 Å². The summed E-state index contributed by atoms with van der Waals surface area (Å²) < 4.78 is 10.9. The van der Waals surface area contributed by atoms with E-state index in [1.165, 1.54) is 10.4 Å². The summed E-state index contributed by atoms with van der Waals surface area (Å²) in [7, 11) is 0. The number of amides is 1. The lowest BCUT2D eigenvalue weighted by molar-refractivity contribution is -0.116. The Balaban J connectivity index is 1.59. The highest BCUT2D eigenvalue weighted by Gasteiger charge is 2.31. The van der Waals surface area contributed by atoms with Crippen molar-refractivity contribution in [1.82, 2.24) is 0 Å². The van der Waals surface area contributed by atoms with Crippen LogP contribution in [0, 0.1) is 6.92 Å². The van der Waals surface area contributed by atoms with Crippen molar-refractivity contribution in [3.63, 3.8) is 0 Å².